The molecule has 2 saturated heterocycles. The number of aliphatic hydroxyl groups excluding tert-OH is 8. The molecule has 14 heteroatoms. The van der Waals surface area contributed by atoms with Gasteiger partial charge in [-0.3, -0.25) is 4.79 Å². The molecule has 2 aliphatic heterocycles. The summed E-state index contributed by atoms with van der Waals surface area (Å²) in [6, 6.07) is -0.956. The molecule has 0 radical (unpaired) electrons. The monoisotopic (exact) mass is 1140 g/mol. The number of carbonyl (C=O) groups excluding carboxylic acids is 1. The first-order valence-electron chi connectivity index (χ1n) is 30.9. The number of rotatable bonds is 47. The van der Waals surface area contributed by atoms with Gasteiger partial charge in [-0.2, -0.15) is 0 Å². The maximum absolute atomic E-state index is 13.3. The SMILES string of the molecule is CC/C=C\C/C=C\C/C=C\C/C=C\C/C=C\C/C=C\C/C=C\C/C=C\CCCCCCCCC(=O)NC(COC1OC(CO)C(OC2OC(CO)C(O)C(O)C2O)C(O)C1O)C(O)/C=C/CC/C=C/CC/C=C/CCCCCCCC. The minimum absolute atomic E-state index is 0.243. The highest BCUT2D eigenvalue weighted by Gasteiger charge is 2.51. The van der Waals surface area contributed by atoms with Gasteiger partial charge in [-0.25, -0.2) is 0 Å². The first kappa shape index (κ1) is 73.2. The fourth-order valence-electron chi connectivity index (χ4n) is 9.10. The minimum atomic E-state index is -1.80. The van der Waals surface area contributed by atoms with Crippen molar-refractivity contribution in [2.75, 3.05) is 19.8 Å². The molecule has 0 aromatic rings. The lowest BCUT2D eigenvalue weighted by Gasteiger charge is -2.46. The number of hydrogen-bond acceptors (Lipinski definition) is 13. The molecule has 1 amide bonds. The van der Waals surface area contributed by atoms with E-state index in [2.05, 4.69) is 141 Å². The van der Waals surface area contributed by atoms with Crippen LogP contribution in [0, 0.1) is 0 Å². The van der Waals surface area contributed by atoms with Crippen LogP contribution in [0.25, 0.3) is 0 Å². The average molecular weight is 1140 g/mol. The Morgan fingerprint density at radius 3 is 1.36 bits per heavy atom. The molecule has 2 fully saturated rings. The molecule has 0 aromatic heterocycles. The molecule has 0 bridgehead atoms. The zero-order valence-corrected chi connectivity index (χ0v) is 49.5. The molecule has 0 aromatic carbocycles. The van der Waals surface area contributed by atoms with Crippen LogP contribution < -0.4 is 5.32 Å². The van der Waals surface area contributed by atoms with Crippen LogP contribution in [0.15, 0.2) is 134 Å². The van der Waals surface area contributed by atoms with Crippen LogP contribution in [0.2, 0.25) is 0 Å². The minimum Gasteiger partial charge on any atom is -0.394 e. The normalized spacial score (nSPS) is 25.1. The zero-order valence-electron chi connectivity index (χ0n) is 49.5. The van der Waals surface area contributed by atoms with Crippen molar-refractivity contribution >= 4 is 5.91 Å². The molecule has 12 unspecified atom stereocenters. The standard InChI is InChI=1S/C67H109NO13/c1-3-5-7-9-11-13-15-17-19-21-22-23-24-25-26-27-28-29-30-31-32-33-34-35-37-39-41-43-45-47-49-51-59(72)68-55(56(71)50-48-46-44-42-40-38-36-20-18-16-14-12-10-8-6-4-2)54-78-66-64(77)62(75)65(58(53-70)80-66)81-67-63(76)61(74)60(73)57(52-69)79-67/h5,7,11,13,17-20,22-23,25-26,28-29,31-32,34-35,40,42,48,50,55-58,60-67,69-71,73-77H,3-4,6,8-10,12,14-16,21,24,27,30,33,36-39,41,43-47,49,51-54H2,1-2H3,(H,68,72)/b7-5-,13-11-,19-17-,20-18+,23-22-,26-25-,29-28-,32-31-,35-34-,42-40+,50-48+. The predicted octanol–water partition coefficient (Wildman–Crippen LogP) is 11.2. The zero-order chi connectivity index (χ0) is 58.8. The average Bonchev–Trinajstić information content (AvgIpc) is 3.47. The Hall–Kier alpha value is -3.87. The van der Waals surface area contributed by atoms with E-state index in [0.717, 1.165) is 116 Å². The van der Waals surface area contributed by atoms with E-state index < -0.39 is 86.8 Å². The van der Waals surface area contributed by atoms with Crippen molar-refractivity contribution in [3.8, 4) is 0 Å². The van der Waals surface area contributed by atoms with Gasteiger partial charge in [0.25, 0.3) is 0 Å². The van der Waals surface area contributed by atoms with Gasteiger partial charge in [0, 0.05) is 6.42 Å². The van der Waals surface area contributed by atoms with Crippen molar-refractivity contribution in [1.82, 2.24) is 5.32 Å². The van der Waals surface area contributed by atoms with Crippen LogP contribution in [0.3, 0.4) is 0 Å². The second kappa shape index (κ2) is 50.6. The number of carbonyl (C=O) groups is 1. The molecule has 2 heterocycles. The van der Waals surface area contributed by atoms with Gasteiger partial charge in [-0.15, -0.1) is 0 Å². The number of nitrogens with one attached hydrogen (secondary N) is 1. The van der Waals surface area contributed by atoms with E-state index in [0.29, 0.717) is 12.8 Å². The summed E-state index contributed by atoms with van der Waals surface area (Å²) in [5.74, 6) is -0.275. The summed E-state index contributed by atoms with van der Waals surface area (Å²) in [6.45, 7) is 2.61. The molecule has 0 saturated carbocycles. The van der Waals surface area contributed by atoms with Gasteiger partial charge in [0.05, 0.1) is 32.0 Å². The molecule has 460 valence electrons. The van der Waals surface area contributed by atoms with Crippen LogP contribution in [-0.4, -0.2) is 140 Å². The third kappa shape index (κ3) is 35.8. The summed E-state index contributed by atoms with van der Waals surface area (Å²) >= 11 is 0. The summed E-state index contributed by atoms with van der Waals surface area (Å²) in [5, 5.41) is 87.1. The lowest BCUT2D eigenvalue weighted by atomic mass is 9.97. The highest BCUT2D eigenvalue weighted by atomic mass is 16.7. The van der Waals surface area contributed by atoms with E-state index in [1.165, 1.54) is 38.5 Å². The molecule has 14 nitrogen and oxygen atoms in total. The Morgan fingerprint density at radius 2 is 0.864 bits per heavy atom. The largest absolute Gasteiger partial charge is 0.394 e. The number of amides is 1. The summed E-state index contributed by atoms with van der Waals surface area (Å²) < 4.78 is 22.7. The smallest absolute Gasteiger partial charge is 0.220 e. The van der Waals surface area contributed by atoms with Crippen LogP contribution in [0.5, 0.6) is 0 Å². The maximum Gasteiger partial charge on any atom is 0.220 e. The Labute approximate surface area is 488 Å². The third-order valence-electron chi connectivity index (χ3n) is 14.0. The second-order valence-corrected chi connectivity index (χ2v) is 21.1. The molecule has 2 rings (SSSR count). The topological polar surface area (TPSA) is 228 Å². The van der Waals surface area contributed by atoms with Crippen molar-refractivity contribution in [2.45, 2.75) is 261 Å². The quantitative estimate of drug-likeness (QED) is 0.0204. The Kier molecular flexibility index (Phi) is 45.8. The van der Waals surface area contributed by atoms with Gasteiger partial charge in [0.15, 0.2) is 12.6 Å². The summed E-state index contributed by atoms with van der Waals surface area (Å²) in [5.41, 5.74) is 0. The summed E-state index contributed by atoms with van der Waals surface area (Å²) in [4.78, 5) is 13.3. The molecular weight excluding hydrogens is 1030 g/mol. The number of aliphatic hydroxyl groups is 8. The van der Waals surface area contributed by atoms with Crippen LogP contribution in [0.1, 0.15) is 187 Å². The molecular formula is C67H109NO13. The Balaban J connectivity index is 1.75. The van der Waals surface area contributed by atoms with E-state index in [-0.39, 0.29) is 18.9 Å². The molecule has 2 aliphatic rings. The lowest BCUT2D eigenvalue weighted by Crippen LogP contribution is -2.65. The number of allylic oxidation sites excluding steroid dienone is 21. The number of ether oxygens (including phenoxy) is 4. The Bertz CT molecular complexity index is 1870. The molecule has 0 spiro atoms. The first-order chi connectivity index (χ1) is 39.6. The van der Waals surface area contributed by atoms with Gasteiger partial charge in [0.2, 0.25) is 5.91 Å². The van der Waals surface area contributed by atoms with Crippen molar-refractivity contribution in [3.63, 3.8) is 0 Å². The first-order valence-corrected chi connectivity index (χ1v) is 30.9. The summed E-state index contributed by atoms with van der Waals surface area (Å²) in [7, 11) is 0. The fourth-order valence-corrected chi connectivity index (χ4v) is 9.10. The third-order valence-corrected chi connectivity index (χ3v) is 14.0. The van der Waals surface area contributed by atoms with E-state index >= 15 is 0 Å². The van der Waals surface area contributed by atoms with Gasteiger partial charge in [-0.1, -0.05) is 205 Å². The van der Waals surface area contributed by atoms with E-state index in [1.54, 1.807) is 6.08 Å². The highest BCUT2D eigenvalue weighted by Crippen LogP contribution is 2.30. The lowest BCUT2D eigenvalue weighted by molar-refractivity contribution is -0.359. The predicted molar refractivity (Wildman–Crippen MR) is 327 cm³/mol. The van der Waals surface area contributed by atoms with Gasteiger partial charge >= 0.3 is 0 Å². The Morgan fingerprint density at radius 1 is 0.457 bits per heavy atom. The van der Waals surface area contributed by atoms with Gasteiger partial charge in [0.1, 0.15) is 48.8 Å². The fraction of sp³-hybridized carbons (Fsp3) is 0.657. The van der Waals surface area contributed by atoms with Crippen molar-refractivity contribution in [3.05, 3.63) is 134 Å². The van der Waals surface area contributed by atoms with Crippen molar-refractivity contribution in [1.29, 1.82) is 0 Å². The second-order valence-electron chi connectivity index (χ2n) is 21.1. The van der Waals surface area contributed by atoms with Gasteiger partial charge < -0.3 is 65.1 Å². The maximum atomic E-state index is 13.3. The molecule has 81 heavy (non-hydrogen) atoms. The van der Waals surface area contributed by atoms with E-state index in [4.69, 9.17) is 18.9 Å². The molecule has 12 atom stereocenters. The number of unbranched alkanes of at least 4 members (excludes halogenated alkanes) is 14. The van der Waals surface area contributed by atoms with Crippen LogP contribution in [-0.2, 0) is 23.7 Å². The summed E-state index contributed by atoms with van der Waals surface area (Å²) in [6.07, 6.45) is 57.7. The van der Waals surface area contributed by atoms with E-state index in [9.17, 15) is 45.6 Å². The molecule has 0 aliphatic carbocycles. The highest BCUT2D eigenvalue weighted by molar-refractivity contribution is 5.76. The van der Waals surface area contributed by atoms with Gasteiger partial charge in [-0.05, 0) is 109 Å². The van der Waals surface area contributed by atoms with Crippen molar-refractivity contribution in [2.24, 2.45) is 0 Å². The van der Waals surface area contributed by atoms with Crippen LogP contribution >= 0.6 is 0 Å². The molecule has 9 N–H and O–H groups in total. The van der Waals surface area contributed by atoms with Crippen LogP contribution in [0.4, 0.5) is 0 Å². The van der Waals surface area contributed by atoms with E-state index in [1.807, 2.05) is 6.08 Å². The number of hydrogen-bond donors (Lipinski definition) is 9. The van der Waals surface area contributed by atoms with Crippen molar-refractivity contribution < 1.29 is 64.6 Å².